The summed E-state index contributed by atoms with van der Waals surface area (Å²) in [6, 6.07) is 4.60. The van der Waals surface area contributed by atoms with Gasteiger partial charge in [0.2, 0.25) is 0 Å². The number of halogens is 2. The first kappa shape index (κ1) is 16.4. The summed E-state index contributed by atoms with van der Waals surface area (Å²) in [5.74, 6) is 0. The molecular weight excluding hydrogens is 318 g/mol. The van der Waals surface area contributed by atoms with Gasteiger partial charge in [0.1, 0.15) is 0 Å². The van der Waals surface area contributed by atoms with Gasteiger partial charge in [0.25, 0.3) is 0 Å². The molecule has 1 aromatic rings. The van der Waals surface area contributed by atoms with E-state index < -0.39 is 0 Å². The second-order valence-electron chi connectivity index (χ2n) is 4.91. The average molecular weight is 333 g/mol. The summed E-state index contributed by atoms with van der Waals surface area (Å²) < 4.78 is 1.49. The van der Waals surface area contributed by atoms with Crippen LogP contribution in [0.2, 0.25) is 0 Å². The molecule has 0 saturated carbocycles. The minimum atomic E-state index is 0. The van der Waals surface area contributed by atoms with Gasteiger partial charge < -0.3 is 24.8 Å². The zero-order chi connectivity index (χ0) is 10.3. The van der Waals surface area contributed by atoms with E-state index in [-0.39, 0.29) is 30.2 Å². The van der Waals surface area contributed by atoms with Crippen LogP contribution in [0.4, 0.5) is 0 Å². The number of hydrogen-bond donors (Lipinski definition) is 0. The monoisotopic (exact) mass is 331 g/mol. The third-order valence-corrected chi connectivity index (χ3v) is 3.84. The first-order valence-electron chi connectivity index (χ1n) is 5.04. The first-order valence-corrected chi connectivity index (χ1v) is 6.27. The molecule has 85 valence electrons. The SMILES string of the molecule is CC(C)(C)c1cc[c]([Zr+2])c2c1CC=C2.[Cl-].[Cl-]. The van der Waals surface area contributed by atoms with Crippen molar-refractivity contribution in [1.82, 2.24) is 0 Å². The molecule has 1 aromatic carbocycles. The van der Waals surface area contributed by atoms with Crippen LogP contribution in [0.25, 0.3) is 6.08 Å². The number of rotatable bonds is 0. The van der Waals surface area contributed by atoms with E-state index in [1.807, 2.05) is 0 Å². The Bertz CT molecular complexity index is 403. The van der Waals surface area contributed by atoms with Crippen molar-refractivity contribution in [2.75, 3.05) is 0 Å². The van der Waals surface area contributed by atoms with Gasteiger partial charge in [-0.2, -0.15) is 0 Å². The molecular formula is C13H15Cl2Zr. The molecule has 0 amide bonds. The molecule has 0 unspecified atom stereocenters. The van der Waals surface area contributed by atoms with E-state index in [0.717, 1.165) is 6.42 Å². The van der Waals surface area contributed by atoms with Crippen LogP contribution in [0.5, 0.6) is 0 Å². The van der Waals surface area contributed by atoms with Crippen LogP contribution in [0.3, 0.4) is 0 Å². The molecule has 1 aliphatic carbocycles. The summed E-state index contributed by atoms with van der Waals surface area (Å²) in [5, 5.41) is 0. The predicted molar refractivity (Wildman–Crippen MR) is 57.5 cm³/mol. The molecule has 0 aromatic heterocycles. The summed E-state index contributed by atoms with van der Waals surface area (Å²) in [7, 11) is 0. The molecule has 0 heterocycles. The predicted octanol–water partition coefficient (Wildman–Crippen LogP) is -3.27. The number of allylic oxidation sites excluding steroid dienone is 1. The Morgan fingerprint density at radius 2 is 1.75 bits per heavy atom. The molecule has 0 bridgehead atoms. The van der Waals surface area contributed by atoms with Crippen molar-refractivity contribution in [2.24, 2.45) is 0 Å². The van der Waals surface area contributed by atoms with Crippen molar-refractivity contribution in [3.05, 3.63) is 34.9 Å². The number of hydrogen-bond acceptors (Lipinski definition) is 0. The van der Waals surface area contributed by atoms with Gasteiger partial charge in [-0.3, -0.25) is 0 Å². The smallest absolute Gasteiger partial charge is 1.00 e. The summed E-state index contributed by atoms with van der Waals surface area (Å²) in [5.41, 5.74) is 4.85. The molecule has 0 nitrogen and oxygen atoms in total. The van der Waals surface area contributed by atoms with Crippen LogP contribution in [0, 0.1) is 0 Å². The van der Waals surface area contributed by atoms with E-state index in [9.17, 15) is 0 Å². The molecule has 3 heteroatoms. The molecule has 2 rings (SSSR count). The molecule has 0 aliphatic heterocycles. The fourth-order valence-electron chi connectivity index (χ4n) is 2.07. The van der Waals surface area contributed by atoms with E-state index in [0.29, 0.717) is 0 Å². The fraction of sp³-hybridized carbons (Fsp3) is 0.385. The van der Waals surface area contributed by atoms with Gasteiger partial charge in [-0.15, -0.1) is 0 Å². The molecule has 0 spiro atoms. The van der Waals surface area contributed by atoms with Crippen molar-refractivity contribution in [1.29, 1.82) is 0 Å². The molecule has 0 N–H and O–H groups in total. The number of fused-ring (bicyclic) bond motifs is 1. The second-order valence-corrected chi connectivity index (χ2v) is 6.23. The summed E-state index contributed by atoms with van der Waals surface area (Å²) in [4.78, 5) is 0. The Labute approximate surface area is 126 Å². The van der Waals surface area contributed by atoms with Gasteiger partial charge in [-0.05, 0) is 0 Å². The molecule has 0 radical (unpaired) electrons. The standard InChI is InChI=1S/C13H15.2ClH.Zr/c1-13(2,3)12-9-5-7-10-6-4-8-11(10)12;;;/h4-6,9H,8H2,1-3H3;2*1H;/q;;;+2/p-2. The Kier molecular flexibility index (Phi) is 6.00. The van der Waals surface area contributed by atoms with Gasteiger partial charge in [-0.1, -0.05) is 0 Å². The average Bonchev–Trinajstić information content (AvgIpc) is 2.50. The maximum absolute atomic E-state index is 2.32. The van der Waals surface area contributed by atoms with Gasteiger partial charge >= 0.3 is 102 Å². The first-order chi connectivity index (χ1) is 6.50. The van der Waals surface area contributed by atoms with Crippen LogP contribution < -0.4 is 28.1 Å². The van der Waals surface area contributed by atoms with Gasteiger partial charge in [0.05, 0.1) is 0 Å². The maximum atomic E-state index is 2.32. The van der Waals surface area contributed by atoms with Crippen LogP contribution in [0.15, 0.2) is 18.2 Å². The molecule has 1 aliphatic rings. The summed E-state index contributed by atoms with van der Waals surface area (Å²) >= 11 is 1.52. The Morgan fingerprint density at radius 3 is 2.31 bits per heavy atom. The van der Waals surface area contributed by atoms with Crippen molar-refractivity contribution in [3.8, 4) is 0 Å². The van der Waals surface area contributed by atoms with E-state index in [1.54, 1.807) is 5.56 Å². The van der Waals surface area contributed by atoms with Crippen LogP contribution in [-0.4, -0.2) is 0 Å². The minimum absolute atomic E-state index is 0. The van der Waals surface area contributed by atoms with Crippen LogP contribution in [-0.2, 0) is 36.6 Å². The molecule has 0 saturated heterocycles. The van der Waals surface area contributed by atoms with Crippen LogP contribution >= 0.6 is 0 Å². The van der Waals surface area contributed by atoms with Crippen molar-refractivity contribution in [3.63, 3.8) is 0 Å². The maximum Gasteiger partial charge on any atom is -1.00 e. The zero-order valence-corrected chi connectivity index (χ0v) is 13.7. The van der Waals surface area contributed by atoms with Gasteiger partial charge in [0.15, 0.2) is 0 Å². The zero-order valence-electron chi connectivity index (χ0n) is 9.77. The van der Waals surface area contributed by atoms with Gasteiger partial charge in [0, 0.05) is 0 Å². The van der Waals surface area contributed by atoms with E-state index >= 15 is 0 Å². The second kappa shape index (κ2) is 5.85. The van der Waals surface area contributed by atoms with Crippen molar-refractivity contribution in [2.45, 2.75) is 32.6 Å². The summed E-state index contributed by atoms with van der Waals surface area (Å²) in [6.07, 6.45) is 5.70. The van der Waals surface area contributed by atoms with Crippen LogP contribution in [0.1, 0.15) is 37.5 Å². The normalized spacial score (nSPS) is 12.8. The molecule has 16 heavy (non-hydrogen) atoms. The topological polar surface area (TPSA) is 0 Å². The summed E-state index contributed by atoms with van der Waals surface area (Å²) in [6.45, 7) is 6.89. The third-order valence-electron chi connectivity index (χ3n) is 2.77. The Balaban J connectivity index is 0.00000112. The largest absolute Gasteiger partial charge is 1.00 e. The quantitative estimate of drug-likeness (QED) is 0.468. The Morgan fingerprint density at radius 1 is 1.12 bits per heavy atom. The Hall–Kier alpha value is 0.423. The minimum Gasteiger partial charge on any atom is -1.00 e. The van der Waals surface area contributed by atoms with Crippen molar-refractivity contribution < 1.29 is 49.5 Å². The molecule has 0 atom stereocenters. The van der Waals surface area contributed by atoms with Gasteiger partial charge in [-0.25, -0.2) is 0 Å². The number of benzene rings is 1. The van der Waals surface area contributed by atoms with E-state index in [4.69, 9.17) is 0 Å². The van der Waals surface area contributed by atoms with Crippen molar-refractivity contribution >= 4 is 9.35 Å². The van der Waals surface area contributed by atoms with E-state index in [1.165, 1.54) is 39.1 Å². The third kappa shape index (κ3) is 3.00. The van der Waals surface area contributed by atoms with E-state index in [2.05, 4.69) is 45.1 Å². The molecule has 0 fully saturated rings. The fourth-order valence-corrected chi connectivity index (χ4v) is 2.85.